The van der Waals surface area contributed by atoms with Crippen LogP contribution in [0.25, 0.3) is 32.9 Å². The quantitative estimate of drug-likeness (QED) is 0.321. The van der Waals surface area contributed by atoms with Crippen LogP contribution in [-0.4, -0.2) is 72.3 Å². The number of halogens is 3. The zero-order valence-corrected chi connectivity index (χ0v) is 21.5. The third-order valence-electron chi connectivity index (χ3n) is 6.91. The molecular formula is C28H26F3N5O3. The van der Waals surface area contributed by atoms with Crippen molar-refractivity contribution in [2.24, 2.45) is 0 Å². The number of aromatic nitrogens is 3. The minimum atomic E-state index is -1.08. The molecule has 1 atom stereocenters. The molecule has 2 aromatic heterocycles. The number of methoxy groups -OCH3 is 2. The first kappa shape index (κ1) is 26.4. The van der Waals surface area contributed by atoms with Crippen LogP contribution in [0.5, 0.6) is 6.01 Å². The van der Waals surface area contributed by atoms with E-state index in [9.17, 15) is 13.6 Å². The third kappa shape index (κ3) is 4.74. The Bertz CT molecular complexity index is 1580. The Balaban J connectivity index is 1.63. The molecule has 11 heteroatoms. The van der Waals surface area contributed by atoms with Crippen LogP contribution in [0.4, 0.5) is 19.0 Å². The van der Waals surface area contributed by atoms with Gasteiger partial charge in [-0.2, -0.15) is 9.97 Å². The average molecular weight is 538 g/mol. The number of amides is 1. The molecule has 0 saturated carbocycles. The number of benzene rings is 2. The van der Waals surface area contributed by atoms with Gasteiger partial charge in [0.1, 0.15) is 17.0 Å². The molecule has 1 aliphatic heterocycles. The number of pyridine rings is 1. The predicted octanol–water partition coefficient (Wildman–Crippen LogP) is 4.51. The molecule has 5 rings (SSSR count). The number of hydrogen-bond acceptors (Lipinski definition) is 7. The summed E-state index contributed by atoms with van der Waals surface area (Å²) in [7, 11) is 2.96. The summed E-state index contributed by atoms with van der Waals surface area (Å²) in [5.41, 5.74) is -0.156. The fourth-order valence-corrected chi connectivity index (χ4v) is 5.00. The van der Waals surface area contributed by atoms with Crippen LogP contribution < -0.4 is 9.64 Å². The summed E-state index contributed by atoms with van der Waals surface area (Å²) in [4.78, 5) is 29.2. The van der Waals surface area contributed by atoms with Gasteiger partial charge in [-0.15, -0.1) is 0 Å². The normalized spacial score (nSPS) is 15.7. The molecule has 1 aliphatic rings. The number of fused-ring (bicyclic) bond motifs is 2. The maximum atomic E-state index is 16.1. The Morgan fingerprint density at radius 1 is 1.13 bits per heavy atom. The lowest BCUT2D eigenvalue weighted by molar-refractivity contribution is -0.129. The molecule has 1 saturated heterocycles. The summed E-state index contributed by atoms with van der Waals surface area (Å²) in [6.07, 6.45) is 3.28. The molecule has 0 radical (unpaired) electrons. The largest absolute Gasteiger partial charge is 0.467 e. The van der Waals surface area contributed by atoms with Gasteiger partial charge in [-0.1, -0.05) is 30.8 Å². The summed E-state index contributed by atoms with van der Waals surface area (Å²) in [5.74, 6) is -2.74. The number of nitrogens with zero attached hydrogens (tertiary/aromatic N) is 5. The maximum Gasteiger partial charge on any atom is 0.318 e. The monoisotopic (exact) mass is 537 g/mol. The van der Waals surface area contributed by atoms with Crippen molar-refractivity contribution in [3.8, 4) is 17.3 Å². The molecule has 8 nitrogen and oxygen atoms in total. The van der Waals surface area contributed by atoms with Gasteiger partial charge in [-0.05, 0) is 23.9 Å². The fraction of sp³-hybridized carbons (Fsp3) is 0.286. The van der Waals surface area contributed by atoms with Crippen LogP contribution in [0.3, 0.4) is 0 Å². The summed E-state index contributed by atoms with van der Waals surface area (Å²) in [6, 6.07) is 6.90. The SMILES string of the molecule is C=CC(=O)N1CCN(c2nc(OC)nc3c(F)c(-c4cccc5ccc(F)c(F)c45)ncc23)CC1CCOC. The molecule has 3 heterocycles. The van der Waals surface area contributed by atoms with E-state index in [1.165, 1.54) is 31.5 Å². The van der Waals surface area contributed by atoms with Crippen molar-refractivity contribution in [1.29, 1.82) is 0 Å². The number of hydrogen-bond donors (Lipinski definition) is 0. The van der Waals surface area contributed by atoms with Crippen LogP contribution in [0.15, 0.2) is 49.2 Å². The van der Waals surface area contributed by atoms with E-state index in [2.05, 4.69) is 21.5 Å². The zero-order valence-electron chi connectivity index (χ0n) is 21.5. The molecular weight excluding hydrogens is 511 g/mol. The van der Waals surface area contributed by atoms with Gasteiger partial charge in [0.15, 0.2) is 17.5 Å². The second kappa shape index (κ2) is 10.9. The van der Waals surface area contributed by atoms with Crippen molar-refractivity contribution < 1.29 is 27.4 Å². The number of anilines is 1. The summed E-state index contributed by atoms with van der Waals surface area (Å²) < 4.78 is 55.6. The van der Waals surface area contributed by atoms with E-state index in [1.807, 2.05) is 4.90 Å². The Hall–Kier alpha value is -4.25. The molecule has 0 aliphatic carbocycles. The number of rotatable bonds is 7. The average Bonchev–Trinajstić information content (AvgIpc) is 2.97. The van der Waals surface area contributed by atoms with Crippen LogP contribution in [0, 0.1) is 17.5 Å². The highest BCUT2D eigenvalue weighted by Crippen LogP contribution is 2.36. The standard InChI is InChI=1S/C28H26F3N5O3/c1-4-21(37)36-12-11-35(15-17(36)10-13-38-2)27-19-14-32-25(24(31)26(19)33-28(34-27)39-3)18-7-5-6-16-8-9-20(29)23(30)22(16)18/h4-9,14,17H,1,10-13,15H2,2-3H3. The van der Waals surface area contributed by atoms with E-state index in [4.69, 9.17) is 9.47 Å². The lowest BCUT2D eigenvalue weighted by atomic mass is 10.00. The highest BCUT2D eigenvalue weighted by Gasteiger charge is 2.31. The third-order valence-corrected chi connectivity index (χ3v) is 6.91. The van der Waals surface area contributed by atoms with Crippen molar-refractivity contribution in [2.75, 3.05) is 45.4 Å². The molecule has 1 fully saturated rings. The molecule has 0 bridgehead atoms. The summed E-state index contributed by atoms with van der Waals surface area (Å²) in [5, 5.41) is 0.647. The molecule has 39 heavy (non-hydrogen) atoms. The van der Waals surface area contributed by atoms with Crippen LogP contribution in [0.2, 0.25) is 0 Å². The molecule has 1 amide bonds. The van der Waals surface area contributed by atoms with Crippen molar-refractivity contribution in [2.45, 2.75) is 12.5 Å². The van der Waals surface area contributed by atoms with E-state index in [0.717, 1.165) is 6.07 Å². The van der Waals surface area contributed by atoms with Gasteiger partial charge in [-0.3, -0.25) is 9.78 Å². The van der Waals surface area contributed by atoms with E-state index < -0.39 is 17.5 Å². The van der Waals surface area contributed by atoms with Crippen LogP contribution in [0.1, 0.15) is 6.42 Å². The number of carbonyl (C=O) groups excluding carboxylic acids is 1. The fourth-order valence-electron chi connectivity index (χ4n) is 5.00. The maximum absolute atomic E-state index is 16.1. The van der Waals surface area contributed by atoms with Crippen molar-refractivity contribution in [3.05, 3.63) is 66.6 Å². The van der Waals surface area contributed by atoms with E-state index >= 15 is 4.39 Å². The highest BCUT2D eigenvalue weighted by molar-refractivity contribution is 5.99. The van der Waals surface area contributed by atoms with Crippen molar-refractivity contribution >= 4 is 33.4 Å². The van der Waals surface area contributed by atoms with Gasteiger partial charge in [0.05, 0.1) is 18.5 Å². The van der Waals surface area contributed by atoms with Crippen molar-refractivity contribution in [3.63, 3.8) is 0 Å². The van der Waals surface area contributed by atoms with Gasteiger partial charge < -0.3 is 19.3 Å². The highest BCUT2D eigenvalue weighted by atomic mass is 19.2. The molecule has 4 aromatic rings. The molecule has 0 N–H and O–H groups in total. The predicted molar refractivity (Wildman–Crippen MR) is 141 cm³/mol. The van der Waals surface area contributed by atoms with Gasteiger partial charge in [-0.25, -0.2) is 13.2 Å². The number of carbonyl (C=O) groups is 1. The Labute approximate surface area is 222 Å². The van der Waals surface area contributed by atoms with Crippen molar-refractivity contribution in [1.82, 2.24) is 19.9 Å². The first-order valence-corrected chi connectivity index (χ1v) is 12.3. The zero-order chi connectivity index (χ0) is 27.7. The van der Waals surface area contributed by atoms with Gasteiger partial charge >= 0.3 is 6.01 Å². The lowest BCUT2D eigenvalue weighted by Gasteiger charge is -2.41. The molecule has 202 valence electrons. The first-order chi connectivity index (χ1) is 18.9. The Morgan fingerprint density at radius 3 is 2.69 bits per heavy atom. The number of ether oxygens (including phenoxy) is 2. The Kier molecular flexibility index (Phi) is 7.34. The van der Waals surface area contributed by atoms with E-state index in [-0.39, 0.29) is 40.1 Å². The first-order valence-electron chi connectivity index (χ1n) is 12.3. The number of piperazine rings is 1. The minimum absolute atomic E-state index is 0.0678. The molecule has 0 spiro atoms. The van der Waals surface area contributed by atoms with Gasteiger partial charge in [0, 0.05) is 50.5 Å². The smallest absolute Gasteiger partial charge is 0.318 e. The molecule has 2 aromatic carbocycles. The van der Waals surface area contributed by atoms with Gasteiger partial charge in [0.25, 0.3) is 0 Å². The summed E-state index contributed by atoms with van der Waals surface area (Å²) >= 11 is 0. The van der Waals surface area contributed by atoms with Crippen LogP contribution in [-0.2, 0) is 9.53 Å². The summed E-state index contributed by atoms with van der Waals surface area (Å²) in [6.45, 7) is 5.24. The minimum Gasteiger partial charge on any atom is -0.467 e. The Morgan fingerprint density at radius 2 is 1.95 bits per heavy atom. The van der Waals surface area contributed by atoms with E-state index in [1.54, 1.807) is 24.1 Å². The second-order valence-electron chi connectivity index (χ2n) is 9.10. The van der Waals surface area contributed by atoms with Gasteiger partial charge in [0.2, 0.25) is 5.91 Å². The topological polar surface area (TPSA) is 80.7 Å². The van der Waals surface area contributed by atoms with E-state index in [0.29, 0.717) is 49.3 Å². The second-order valence-corrected chi connectivity index (χ2v) is 9.10. The van der Waals surface area contributed by atoms with Crippen LogP contribution >= 0.6 is 0 Å². The lowest BCUT2D eigenvalue weighted by Crippen LogP contribution is -2.55. The molecule has 1 unspecified atom stereocenters.